The first-order chi connectivity index (χ1) is 21.2. The number of benzene rings is 1. The van der Waals surface area contributed by atoms with Gasteiger partial charge in [0.15, 0.2) is 0 Å². The number of aliphatic hydroxyl groups excluding tert-OH is 1. The van der Waals surface area contributed by atoms with Gasteiger partial charge in [-0.25, -0.2) is 4.39 Å². The van der Waals surface area contributed by atoms with Crippen molar-refractivity contribution in [1.82, 2.24) is 20.4 Å². The summed E-state index contributed by atoms with van der Waals surface area (Å²) in [5.41, 5.74) is 11.9. The normalized spacial score (nSPS) is 16.8. The monoisotopic (exact) mass is 655 g/mol. The van der Waals surface area contributed by atoms with E-state index in [1.54, 1.807) is 12.1 Å². The third-order valence-electron chi connectivity index (χ3n) is 6.98. The van der Waals surface area contributed by atoms with Gasteiger partial charge < -0.3 is 27.2 Å². The standard InChI is InChI=1S/C27H37ClF2N6S.C3H8O.CH3NO/c1-18(7-9-29)17-36(12-11-32-2)22-13-19(14-22)3-5-21(8-10-31)33-26-16-25(34-35-27(26)37)23-15-20(28)4-6-24(23)30;1-2-3-4;2-1-3/h4-6,8,10,15-16,18-19,22,32H,3,7,9,11-14,17,31H2,1-2H3,(H,33,34)(H,35,37);4H,2-3H2,1H3;1H,(H2,2,3)/b10-8-,21-5+;;. The highest BCUT2D eigenvalue weighted by atomic mass is 35.5. The molecule has 2 aromatic rings. The van der Waals surface area contributed by atoms with E-state index in [-0.39, 0.29) is 18.6 Å². The van der Waals surface area contributed by atoms with Crippen molar-refractivity contribution in [2.45, 2.75) is 52.0 Å². The number of aliphatic hydroxyl groups is 1. The van der Waals surface area contributed by atoms with E-state index in [4.69, 9.17) is 39.5 Å². The molecule has 3 rings (SSSR count). The van der Waals surface area contributed by atoms with Crippen LogP contribution in [0, 0.1) is 22.3 Å². The van der Waals surface area contributed by atoms with Gasteiger partial charge in [-0.05, 0) is 87.5 Å². The van der Waals surface area contributed by atoms with E-state index in [0.29, 0.717) is 51.9 Å². The van der Waals surface area contributed by atoms with Gasteiger partial charge in [-0.2, -0.15) is 5.10 Å². The van der Waals surface area contributed by atoms with Gasteiger partial charge in [-0.3, -0.25) is 19.2 Å². The third kappa shape index (κ3) is 14.3. The fourth-order valence-electron chi connectivity index (χ4n) is 4.59. The van der Waals surface area contributed by atoms with Crippen LogP contribution in [-0.4, -0.2) is 72.6 Å². The number of hydrogen-bond acceptors (Lipinski definition) is 8. The molecule has 246 valence electrons. The van der Waals surface area contributed by atoms with Crippen LogP contribution in [0.15, 0.2) is 48.3 Å². The number of anilines is 1. The zero-order valence-electron chi connectivity index (χ0n) is 25.9. The van der Waals surface area contributed by atoms with E-state index in [0.717, 1.165) is 51.0 Å². The van der Waals surface area contributed by atoms with Gasteiger partial charge in [0, 0.05) is 48.6 Å². The second kappa shape index (κ2) is 22.6. The number of aromatic amines is 1. The van der Waals surface area contributed by atoms with Crippen LogP contribution in [0.25, 0.3) is 11.3 Å². The molecule has 1 aromatic heterocycles. The number of nitrogens with two attached hydrogens (primary N) is 2. The SMILES string of the molecule is CCCO.CNCCN(CC(C)CCF)C1CC(C/C=C(\C=C/N)Nc2cc(-c3cc(Cl)ccc3F)n[nH]c2=S)C1.NC=O. The number of primary amides is 1. The molecule has 1 atom stereocenters. The van der Waals surface area contributed by atoms with Gasteiger partial charge in [0.2, 0.25) is 6.41 Å². The number of halogens is 3. The minimum Gasteiger partial charge on any atom is -0.405 e. The molecule has 1 aliphatic rings. The molecule has 0 radical (unpaired) electrons. The Kier molecular flexibility index (Phi) is 20.1. The summed E-state index contributed by atoms with van der Waals surface area (Å²) in [7, 11) is 1.96. The van der Waals surface area contributed by atoms with Gasteiger partial charge in [0.1, 0.15) is 10.5 Å². The van der Waals surface area contributed by atoms with Gasteiger partial charge in [0.25, 0.3) is 0 Å². The number of H-pyrrole nitrogens is 1. The molecule has 0 bridgehead atoms. The number of hydrogen-bond donors (Lipinski definition) is 6. The lowest BCUT2D eigenvalue weighted by atomic mass is 9.77. The molecule has 1 aliphatic carbocycles. The highest BCUT2D eigenvalue weighted by Gasteiger charge is 2.33. The maximum atomic E-state index is 14.4. The lowest BCUT2D eigenvalue weighted by molar-refractivity contribution is -0.106. The van der Waals surface area contributed by atoms with Crippen molar-refractivity contribution < 1.29 is 18.7 Å². The molecular weight excluding hydrogens is 608 g/mol. The first-order valence-electron chi connectivity index (χ1n) is 14.8. The summed E-state index contributed by atoms with van der Waals surface area (Å²) in [4.78, 5) is 11.1. The zero-order valence-corrected chi connectivity index (χ0v) is 27.4. The van der Waals surface area contributed by atoms with E-state index in [9.17, 15) is 8.78 Å². The predicted octanol–water partition coefficient (Wildman–Crippen LogP) is 5.54. The molecule has 1 heterocycles. The summed E-state index contributed by atoms with van der Waals surface area (Å²) in [6, 6.07) is 6.56. The first kappa shape index (κ1) is 39.1. The Bertz CT molecular complexity index is 1220. The summed E-state index contributed by atoms with van der Waals surface area (Å²) in [6.07, 6.45) is 10.2. The van der Waals surface area contributed by atoms with Crippen LogP contribution in [0.1, 0.15) is 46.0 Å². The summed E-state index contributed by atoms with van der Waals surface area (Å²) in [6.45, 7) is 6.93. The Morgan fingerprint density at radius 1 is 1.34 bits per heavy atom. The van der Waals surface area contributed by atoms with Crippen LogP contribution in [0.4, 0.5) is 14.5 Å². The van der Waals surface area contributed by atoms with Gasteiger partial charge in [-0.15, -0.1) is 0 Å². The average Bonchev–Trinajstić information content (AvgIpc) is 2.98. The topological polar surface area (TPSA) is 145 Å². The third-order valence-corrected chi connectivity index (χ3v) is 7.53. The number of rotatable bonds is 15. The first-order valence-corrected chi connectivity index (χ1v) is 15.6. The quantitative estimate of drug-likeness (QED) is 0.0833. The van der Waals surface area contributed by atoms with Gasteiger partial charge in [0.05, 0.1) is 18.1 Å². The molecule has 1 amide bonds. The Morgan fingerprint density at radius 3 is 2.61 bits per heavy atom. The number of nitrogens with one attached hydrogen (secondary N) is 3. The number of nitrogens with zero attached hydrogens (tertiary/aromatic N) is 2. The van der Waals surface area contributed by atoms with E-state index in [2.05, 4.69) is 44.5 Å². The summed E-state index contributed by atoms with van der Waals surface area (Å²) in [5.74, 6) is 0.485. The molecule has 13 heteroatoms. The molecule has 1 aromatic carbocycles. The van der Waals surface area contributed by atoms with Crippen molar-refractivity contribution in [2.24, 2.45) is 23.3 Å². The molecule has 0 saturated heterocycles. The molecular formula is C31H48ClF2N7O2S. The van der Waals surface area contributed by atoms with Crippen LogP contribution >= 0.6 is 23.8 Å². The summed E-state index contributed by atoms with van der Waals surface area (Å²) < 4.78 is 27.5. The van der Waals surface area contributed by atoms with Crippen molar-refractivity contribution in [3.8, 4) is 11.3 Å². The van der Waals surface area contributed by atoms with Crippen molar-refractivity contribution in [3.05, 3.63) is 63.8 Å². The molecule has 44 heavy (non-hydrogen) atoms. The van der Waals surface area contributed by atoms with Crippen LogP contribution in [0.3, 0.4) is 0 Å². The zero-order chi connectivity index (χ0) is 32.9. The number of likely N-dealkylation sites (N-methyl/N-ethyl adjacent to an activating group) is 1. The minimum absolute atomic E-state index is 0.250. The number of amides is 1. The number of aromatic nitrogens is 2. The van der Waals surface area contributed by atoms with Crippen LogP contribution in [-0.2, 0) is 4.79 Å². The Labute approximate surface area is 270 Å². The largest absolute Gasteiger partial charge is 0.405 e. The molecule has 1 unspecified atom stereocenters. The molecule has 0 aliphatic heterocycles. The Balaban J connectivity index is 0.00000125. The number of alkyl halides is 1. The predicted molar refractivity (Wildman–Crippen MR) is 179 cm³/mol. The molecule has 1 saturated carbocycles. The lowest BCUT2D eigenvalue weighted by Gasteiger charge is -2.44. The van der Waals surface area contributed by atoms with Crippen LogP contribution < -0.4 is 22.1 Å². The van der Waals surface area contributed by atoms with E-state index in [1.807, 2.05) is 14.0 Å². The van der Waals surface area contributed by atoms with Gasteiger partial charge >= 0.3 is 0 Å². The van der Waals surface area contributed by atoms with E-state index >= 15 is 0 Å². The number of allylic oxidation sites excluding steroid dienone is 2. The van der Waals surface area contributed by atoms with Crippen LogP contribution in [0.2, 0.25) is 5.02 Å². The Morgan fingerprint density at radius 2 is 2.02 bits per heavy atom. The fourth-order valence-corrected chi connectivity index (χ4v) is 4.92. The maximum absolute atomic E-state index is 14.4. The highest BCUT2D eigenvalue weighted by molar-refractivity contribution is 7.71. The fraction of sp³-hybridized carbons (Fsp3) is 0.516. The van der Waals surface area contributed by atoms with E-state index in [1.165, 1.54) is 24.4 Å². The van der Waals surface area contributed by atoms with Crippen molar-refractivity contribution >= 4 is 35.9 Å². The Hall–Kier alpha value is -2.90. The second-order valence-corrected chi connectivity index (χ2v) is 11.4. The molecule has 0 spiro atoms. The van der Waals surface area contributed by atoms with Crippen molar-refractivity contribution in [3.63, 3.8) is 0 Å². The van der Waals surface area contributed by atoms with E-state index < -0.39 is 5.82 Å². The maximum Gasteiger partial charge on any atom is 0.204 e. The number of carbonyl (C=O) groups is 1. The van der Waals surface area contributed by atoms with Crippen molar-refractivity contribution in [2.75, 3.05) is 45.3 Å². The van der Waals surface area contributed by atoms with Crippen molar-refractivity contribution in [1.29, 1.82) is 0 Å². The average molecular weight is 656 g/mol. The smallest absolute Gasteiger partial charge is 0.204 e. The molecule has 1 fully saturated rings. The lowest BCUT2D eigenvalue weighted by Crippen LogP contribution is -2.48. The number of carbonyl (C=O) groups excluding carboxylic acids is 1. The summed E-state index contributed by atoms with van der Waals surface area (Å²) in [5, 5.41) is 21.8. The molecule has 8 N–H and O–H groups in total. The minimum atomic E-state index is -0.423. The molecule has 9 nitrogen and oxygen atoms in total. The van der Waals surface area contributed by atoms with Crippen LogP contribution in [0.5, 0.6) is 0 Å². The second-order valence-electron chi connectivity index (χ2n) is 10.5. The van der Waals surface area contributed by atoms with Gasteiger partial charge in [-0.1, -0.05) is 43.7 Å². The summed E-state index contributed by atoms with van der Waals surface area (Å²) >= 11 is 11.5. The highest BCUT2D eigenvalue weighted by Crippen LogP contribution is 2.35.